The maximum Gasteiger partial charge on any atom is 0.250 e. The number of benzene rings is 1. The van der Waals surface area contributed by atoms with Crippen LogP contribution in [0.4, 0.5) is 11.4 Å². The van der Waals surface area contributed by atoms with Gasteiger partial charge in [0.15, 0.2) is 0 Å². The highest BCUT2D eigenvalue weighted by Gasteiger charge is 2.19. The molecule has 0 aromatic heterocycles. The Hall–Kier alpha value is -2.24. The molecular weight excluding hydrogens is 256 g/mol. The van der Waals surface area contributed by atoms with Gasteiger partial charge in [0.1, 0.15) is 6.04 Å². The van der Waals surface area contributed by atoms with E-state index in [1.54, 1.807) is 24.0 Å². The van der Waals surface area contributed by atoms with Crippen molar-refractivity contribution >= 4 is 23.2 Å². The molecule has 5 N–H and O–H groups in total. The lowest BCUT2D eigenvalue weighted by Crippen LogP contribution is -2.41. The molecule has 1 rings (SSSR count). The van der Waals surface area contributed by atoms with Crippen LogP contribution in [0, 0.1) is 0 Å². The molecule has 0 aliphatic rings. The maximum absolute atomic E-state index is 12.2. The van der Waals surface area contributed by atoms with E-state index >= 15 is 0 Å². The van der Waals surface area contributed by atoms with Gasteiger partial charge in [0.05, 0.1) is 5.56 Å². The van der Waals surface area contributed by atoms with Gasteiger partial charge < -0.3 is 21.7 Å². The number of hydrogen-bond acceptors (Lipinski definition) is 4. The van der Waals surface area contributed by atoms with Gasteiger partial charge in [-0.25, -0.2) is 0 Å². The summed E-state index contributed by atoms with van der Waals surface area (Å²) in [5, 5.41) is 3.02. The summed E-state index contributed by atoms with van der Waals surface area (Å²) in [7, 11) is 0. The van der Waals surface area contributed by atoms with Crippen molar-refractivity contribution in [2.24, 2.45) is 5.73 Å². The summed E-state index contributed by atoms with van der Waals surface area (Å²) in [5.74, 6) is -0.607. The fourth-order valence-corrected chi connectivity index (χ4v) is 2.00. The van der Waals surface area contributed by atoms with E-state index in [1.165, 1.54) is 6.07 Å². The predicted molar refractivity (Wildman–Crippen MR) is 80.4 cm³/mol. The second kappa shape index (κ2) is 6.79. The second-order valence-corrected chi connectivity index (χ2v) is 4.55. The molecule has 0 saturated heterocycles. The van der Waals surface area contributed by atoms with Gasteiger partial charge in [-0.05, 0) is 39.0 Å². The van der Waals surface area contributed by atoms with E-state index in [4.69, 9.17) is 11.5 Å². The Morgan fingerprint density at radius 2 is 1.90 bits per heavy atom. The fraction of sp³-hybridized carbons (Fsp3) is 0.429. The average molecular weight is 278 g/mol. The lowest BCUT2D eigenvalue weighted by molar-refractivity contribution is -0.131. The highest BCUT2D eigenvalue weighted by Crippen LogP contribution is 2.19. The van der Waals surface area contributed by atoms with Gasteiger partial charge in [-0.15, -0.1) is 0 Å². The molecule has 0 heterocycles. The fourth-order valence-electron chi connectivity index (χ4n) is 2.00. The minimum Gasteiger partial charge on any atom is -0.399 e. The van der Waals surface area contributed by atoms with Crippen molar-refractivity contribution in [1.29, 1.82) is 0 Å². The van der Waals surface area contributed by atoms with Crippen molar-refractivity contribution in [1.82, 2.24) is 4.90 Å². The highest BCUT2D eigenvalue weighted by atomic mass is 16.2. The minimum absolute atomic E-state index is 0.0257. The van der Waals surface area contributed by atoms with E-state index < -0.39 is 11.9 Å². The molecule has 20 heavy (non-hydrogen) atoms. The van der Waals surface area contributed by atoms with Crippen molar-refractivity contribution in [3.63, 3.8) is 0 Å². The first-order valence-electron chi connectivity index (χ1n) is 6.65. The van der Waals surface area contributed by atoms with E-state index in [9.17, 15) is 9.59 Å². The maximum atomic E-state index is 12.2. The Kier molecular flexibility index (Phi) is 5.37. The van der Waals surface area contributed by atoms with Crippen LogP contribution >= 0.6 is 0 Å². The number of carbonyl (C=O) groups is 2. The van der Waals surface area contributed by atoms with Crippen LogP contribution in [0.1, 0.15) is 31.1 Å². The summed E-state index contributed by atoms with van der Waals surface area (Å²) in [4.78, 5) is 25.3. The number of primary amides is 1. The molecule has 6 nitrogen and oxygen atoms in total. The number of likely N-dealkylation sites (N-methyl/N-ethyl adjacent to an activating group) is 1. The molecule has 2 amide bonds. The quantitative estimate of drug-likeness (QED) is 0.676. The number of nitrogens with one attached hydrogen (secondary N) is 1. The molecule has 110 valence electrons. The summed E-state index contributed by atoms with van der Waals surface area (Å²) in [6.45, 7) is 6.89. The zero-order chi connectivity index (χ0) is 15.3. The van der Waals surface area contributed by atoms with Crippen molar-refractivity contribution in [3.8, 4) is 0 Å². The standard InChI is InChI=1S/C14H22N4O2/c1-4-18(5-2)14(20)9(3)17-12-7-6-10(15)8-11(12)13(16)19/h6-9,17H,4-5,15H2,1-3H3,(H2,16,19). The molecule has 1 aromatic rings. The van der Waals surface area contributed by atoms with E-state index in [2.05, 4.69) is 5.32 Å². The minimum atomic E-state index is -0.581. The third kappa shape index (κ3) is 3.63. The van der Waals surface area contributed by atoms with Crippen molar-refractivity contribution in [2.45, 2.75) is 26.8 Å². The Labute approximate surface area is 119 Å². The number of anilines is 2. The first-order chi connectivity index (χ1) is 9.40. The molecule has 1 atom stereocenters. The van der Waals surface area contributed by atoms with Gasteiger partial charge in [-0.3, -0.25) is 9.59 Å². The van der Waals surface area contributed by atoms with Crippen LogP contribution in [0.15, 0.2) is 18.2 Å². The number of nitrogens with zero attached hydrogens (tertiary/aromatic N) is 1. The van der Waals surface area contributed by atoms with Crippen LogP contribution < -0.4 is 16.8 Å². The Bertz CT molecular complexity index is 498. The predicted octanol–water partition coefficient (Wildman–Crippen LogP) is 1.04. The van der Waals surface area contributed by atoms with Crippen molar-refractivity contribution in [2.75, 3.05) is 24.1 Å². The first-order valence-corrected chi connectivity index (χ1v) is 6.65. The molecule has 0 bridgehead atoms. The summed E-state index contributed by atoms with van der Waals surface area (Å²) in [5.41, 5.74) is 12.2. The summed E-state index contributed by atoms with van der Waals surface area (Å²) < 4.78 is 0. The number of nitrogens with two attached hydrogens (primary N) is 2. The Morgan fingerprint density at radius 3 is 2.40 bits per heavy atom. The average Bonchev–Trinajstić information content (AvgIpc) is 2.41. The van der Waals surface area contributed by atoms with Crippen molar-refractivity contribution in [3.05, 3.63) is 23.8 Å². The zero-order valence-corrected chi connectivity index (χ0v) is 12.1. The lowest BCUT2D eigenvalue weighted by Gasteiger charge is -2.24. The van der Waals surface area contributed by atoms with E-state index in [0.29, 0.717) is 24.5 Å². The second-order valence-electron chi connectivity index (χ2n) is 4.55. The molecule has 0 spiro atoms. The van der Waals surface area contributed by atoms with Gasteiger partial charge in [-0.2, -0.15) is 0 Å². The molecule has 1 unspecified atom stereocenters. The van der Waals surface area contributed by atoms with Crippen LogP contribution in [0.5, 0.6) is 0 Å². The molecule has 0 aliphatic carbocycles. The van der Waals surface area contributed by atoms with Crippen LogP contribution in [0.3, 0.4) is 0 Å². The smallest absolute Gasteiger partial charge is 0.250 e. The van der Waals surface area contributed by atoms with E-state index in [0.717, 1.165) is 0 Å². The summed E-state index contributed by atoms with van der Waals surface area (Å²) >= 11 is 0. The molecule has 0 saturated carbocycles. The van der Waals surface area contributed by atoms with Gasteiger partial charge in [0, 0.05) is 24.5 Å². The first kappa shape index (κ1) is 15.8. The topological polar surface area (TPSA) is 101 Å². The summed E-state index contributed by atoms with van der Waals surface area (Å²) in [6.07, 6.45) is 0. The third-order valence-corrected chi connectivity index (χ3v) is 3.13. The van der Waals surface area contributed by atoms with E-state index in [1.807, 2.05) is 13.8 Å². The lowest BCUT2D eigenvalue weighted by atomic mass is 10.1. The Morgan fingerprint density at radius 1 is 1.30 bits per heavy atom. The third-order valence-electron chi connectivity index (χ3n) is 3.13. The van der Waals surface area contributed by atoms with Crippen molar-refractivity contribution < 1.29 is 9.59 Å². The van der Waals surface area contributed by atoms with Crippen LogP contribution in [-0.2, 0) is 4.79 Å². The number of carbonyl (C=O) groups excluding carboxylic acids is 2. The molecule has 0 aliphatic heterocycles. The van der Waals surface area contributed by atoms with Gasteiger partial charge in [-0.1, -0.05) is 0 Å². The van der Waals surface area contributed by atoms with Gasteiger partial charge >= 0.3 is 0 Å². The molecule has 1 aromatic carbocycles. The molecular formula is C14H22N4O2. The van der Waals surface area contributed by atoms with Gasteiger partial charge in [0.2, 0.25) is 5.91 Å². The number of rotatable bonds is 6. The highest BCUT2D eigenvalue weighted by molar-refractivity contribution is 6.00. The number of amides is 2. The molecule has 0 radical (unpaired) electrons. The van der Waals surface area contributed by atoms with Gasteiger partial charge in [0.25, 0.3) is 5.91 Å². The molecule has 0 fully saturated rings. The van der Waals surface area contributed by atoms with Crippen LogP contribution in [0.2, 0.25) is 0 Å². The number of nitrogen functional groups attached to an aromatic ring is 1. The van der Waals surface area contributed by atoms with Crippen LogP contribution in [0.25, 0.3) is 0 Å². The monoisotopic (exact) mass is 278 g/mol. The molecule has 6 heteroatoms. The SMILES string of the molecule is CCN(CC)C(=O)C(C)Nc1ccc(N)cc1C(N)=O. The largest absolute Gasteiger partial charge is 0.399 e. The van der Waals surface area contributed by atoms with E-state index in [-0.39, 0.29) is 11.5 Å². The number of hydrogen-bond donors (Lipinski definition) is 3. The van der Waals surface area contributed by atoms with Crippen LogP contribution in [-0.4, -0.2) is 35.8 Å². The zero-order valence-electron chi connectivity index (χ0n) is 12.1. The Balaban J connectivity index is 2.93. The summed E-state index contributed by atoms with van der Waals surface area (Å²) in [6, 6.07) is 4.36. The normalized spacial score (nSPS) is 11.8.